The lowest BCUT2D eigenvalue weighted by molar-refractivity contribution is -0.138. The van der Waals surface area contributed by atoms with Crippen molar-refractivity contribution in [3.05, 3.63) is 23.9 Å². The Morgan fingerprint density at radius 1 is 1.69 bits per heavy atom. The lowest BCUT2D eigenvalue weighted by Gasteiger charge is -2.02. The first kappa shape index (κ1) is 9.71. The molecule has 1 aliphatic rings. The van der Waals surface area contributed by atoms with E-state index in [0.717, 1.165) is 0 Å². The molecule has 0 bridgehead atoms. The van der Waals surface area contributed by atoms with E-state index in [4.69, 9.17) is 4.74 Å². The zero-order valence-electron chi connectivity index (χ0n) is 7.86. The molecule has 0 N–H and O–H groups in total. The van der Waals surface area contributed by atoms with Crippen LogP contribution in [0.2, 0.25) is 0 Å². The molecule has 0 saturated carbocycles. The van der Waals surface area contributed by atoms with E-state index < -0.39 is 0 Å². The van der Waals surface area contributed by atoms with Gasteiger partial charge in [0.1, 0.15) is 0 Å². The summed E-state index contributed by atoms with van der Waals surface area (Å²) in [4.78, 5) is 15.3. The summed E-state index contributed by atoms with van der Waals surface area (Å²) < 4.78 is 4.87. The zero-order chi connectivity index (χ0) is 9.68. The van der Waals surface area contributed by atoms with Gasteiger partial charge in [-0.1, -0.05) is 13.0 Å². The van der Waals surface area contributed by atoms with Crippen LogP contribution in [0.4, 0.5) is 0 Å². The first-order valence-corrected chi connectivity index (χ1v) is 4.33. The summed E-state index contributed by atoms with van der Waals surface area (Å²) in [7, 11) is 0. The molecule has 1 heterocycles. The Morgan fingerprint density at radius 2 is 2.46 bits per heavy atom. The minimum atomic E-state index is -0.281. The van der Waals surface area contributed by atoms with Crippen LogP contribution < -0.4 is 0 Å². The van der Waals surface area contributed by atoms with Gasteiger partial charge in [0, 0.05) is 18.3 Å². The van der Waals surface area contributed by atoms with Crippen LogP contribution in [0.25, 0.3) is 0 Å². The maximum Gasteiger partial charge on any atom is 0.337 e. The van der Waals surface area contributed by atoms with Crippen molar-refractivity contribution in [2.75, 3.05) is 6.61 Å². The van der Waals surface area contributed by atoms with Crippen molar-refractivity contribution >= 4 is 12.2 Å². The Hall–Kier alpha value is -1.38. The Bertz CT molecular complexity index is 277. The Kier molecular flexibility index (Phi) is 3.43. The average Bonchev–Trinajstić information content (AvgIpc) is 2.30. The van der Waals surface area contributed by atoms with Gasteiger partial charge in [0.2, 0.25) is 0 Å². The maximum atomic E-state index is 11.3. The molecule has 1 rings (SSSR count). The normalized spacial score (nSPS) is 20.8. The molecule has 0 saturated heterocycles. The smallest absolute Gasteiger partial charge is 0.337 e. The van der Waals surface area contributed by atoms with E-state index in [9.17, 15) is 4.79 Å². The SMILES string of the molecule is CCOC(=O)C1=CC(C)C=NC=C1. The molecule has 0 fully saturated rings. The van der Waals surface area contributed by atoms with Crippen LogP contribution in [-0.2, 0) is 9.53 Å². The van der Waals surface area contributed by atoms with Gasteiger partial charge in [-0.2, -0.15) is 0 Å². The predicted octanol–water partition coefficient (Wildman–Crippen LogP) is 1.71. The molecule has 0 amide bonds. The fourth-order valence-electron chi connectivity index (χ4n) is 1.04. The Morgan fingerprint density at radius 3 is 3.15 bits per heavy atom. The number of rotatable bonds is 2. The van der Waals surface area contributed by atoms with Crippen LogP contribution in [0.15, 0.2) is 28.9 Å². The first-order chi connectivity index (χ1) is 6.24. The van der Waals surface area contributed by atoms with E-state index in [2.05, 4.69) is 4.99 Å². The standard InChI is InChI=1S/C10H13NO2/c1-3-13-10(12)9-4-5-11-7-8(2)6-9/h4-8H,3H2,1-2H3. The van der Waals surface area contributed by atoms with Crippen LogP contribution >= 0.6 is 0 Å². The number of hydrogen-bond acceptors (Lipinski definition) is 3. The van der Waals surface area contributed by atoms with Gasteiger partial charge in [0.25, 0.3) is 0 Å². The van der Waals surface area contributed by atoms with Gasteiger partial charge in [-0.15, -0.1) is 0 Å². The molecule has 3 nitrogen and oxygen atoms in total. The van der Waals surface area contributed by atoms with Crippen molar-refractivity contribution in [3.63, 3.8) is 0 Å². The summed E-state index contributed by atoms with van der Waals surface area (Å²) in [6.07, 6.45) is 6.89. The molecule has 1 aliphatic heterocycles. The zero-order valence-corrected chi connectivity index (χ0v) is 7.86. The fraction of sp³-hybridized carbons (Fsp3) is 0.400. The van der Waals surface area contributed by atoms with Gasteiger partial charge >= 0.3 is 5.97 Å². The first-order valence-electron chi connectivity index (χ1n) is 4.33. The highest BCUT2D eigenvalue weighted by Crippen LogP contribution is 2.08. The van der Waals surface area contributed by atoms with Gasteiger partial charge in [0.05, 0.1) is 12.2 Å². The number of carbonyl (C=O) groups excluding carboxylic acids is 1. The van der Waals surface area contributed by atoms with E-state index in [0.29, 0.717) is 12.2 Å². The summed E-state index contributed by atoms with van der Waals surface area (Å²) in [5.41, 5.74) is 0.576. The second-order valence-electron chi connectivity index (χ2n) is 2.82. The largest absolute Gasteiger partial charge is 0.462 e. The molecule has 13 heavy (non-hydrogen) atoms. The number of allylic oxidation sites excluding steroid dienone is 1. The molecular weight excluding hydrogens is 166 g/mol. The summed E-state index contributed by atoms with van der Waals surface area (Å²) in [5.74, 6) is -0.106. The number of carbonyl (C=O) groups is 1. The minimum Gasteiger partial charge on any atom is -0.462 e. The quantitative estimate of drug-likeness (QED) is 0.605. The summed E-state index contributed by atoms with van der Waals surface area (Å²) in [6.45, 7) is 4.16. The lowest BCUT2D eigenvalue weighted by atomic mass is 10.1. The molecule has 70 valence electrons. The minimum absolute atomic E-state index is 0.175. The van der Waals surface area contributed by atoms with Crippen LogP contribution in [0.3, 0.4) is 0 Å². The topological polar surface area (TPSA) is 38.7 Å². The molecule has 0 aromatic rings. The molecule has 0 aliphatic carbocycles. The second-order valence-corrected chi connectivity index (χ2v) is 2.82. The molecule has 0 aromatic heterocycles. The summed E-state index contributed by atoms with van der Waals surface area (Å²) in [5, 5.41) is 0. The molecule has 0 aromatic carbocycles. The van der Waals surface area contributed by atoms with Crippen LogP contribution in [0, 0.1) is 5.92 Å². The van der Waals surface area contributed by atoms with E-state index >= 15 is 0 Å². The van der Waals surface area contributed by atoms with Crippen molar-refractivity contribution in [2.24, 2.45) is 10.9 Å². The molecule has 0 radical (unpaired) electrons. The van der Waals surface area contributed by atoms with Gasteiger partial charge in [-0.05, 0) is 13.0 Å². The van der Waals surface area contributed by atoms with Crippen molar-refractivity contribution in [1.82, 2.24) is 0 Å². The van der Waals surface area contributed by atoms with Crippen LogP contribution in [0.5, 0.6) is 0 Å². The molecule has 3 heteroatoms. The number of esters is 1. The van der Waals surface area contributed by atoms with Crippen LogP contribution in [-0.4, -0.2) is 18.8 Å². The fourth-order valence-corrected chi connectivity index (χ4v) is 1.04. The van der Waals surface area contributed by atoms with E-state index in [1.54, 1.807) is 25.4 Å². The van der Waals surface area contributed by atoms with Gasteiger partial charge in [0.15, 0.2) is 0 Å². The third-order valence-corrected chi connectivity index (χ3v) is 1.61. The average molecular weight is 179 g/mol. The third kappa shape index (κ3) is 2.86. The maximum absolute atomic E-state index is 11.3. The Labute approximate surface area is 77.8 Å². The molecule has 1 unspecified atom stereocenters. The van der Waals surface area contributed by atoms with Crippen LogP contribution in [0.1, 0.15) is 13.8 Å². The van der Waals surface area contributed by atoms with Crippen molar-refractivity contribution in [3.8, 4) is 0 Å². The highest BCUT2D eigenvalue weighted by atomic mass is 16.5. The third-order valence-electron chi connectivity index (χ3n) is 1.61. The monoisotopic (exact) mass is 179 g/mol. The van der Waals surface area contributed by atoms with Crippen molar-refractivity contribution in [1.29, 1.82) is 0 Å². The van der Waals surface area contributed by atoms with Crippen molar-refractivity contribution in [2.45, 2.75) is 13.8 Å². The summed E-state index contributed by atoms with van der Waals surface area (Å²) >= 11 is 0. The number of ether oxygens (including phenoxy) is 1. The summed E-state index contributed by atoms with van der Waals surface area (Å²) in [6, 6.07) is 0. The second kappa shape index (κ2) is 4.60. The van der Waals surface area contributed by atoms with E-state index in [-0.39, 0.29) is 11.9 Å². The molecular formula is C10H13NO2. The van der Waals surface area contributed by atoms with E-state index in [1.807, 2.05) is 13.0 Å². The lowest BCUT2D eigenvalue weighted by Crippen LogP contribution is -2.07. The highest BCUT2D eigenvalue weighted by Gasteiger charge is 2.09. The molecule has 1 atom stereocenters. The number of nitrogens with zero attached hydrogens (tertiary/aromatic N) is 1. The Balaban J connectivity index is 2.73. The van der Waals surface area contributed by atoms with E-state index in [1.165, 1.54) is 0 Å². The number of aliphatic imine (C=N–C) groups is 1. The van der Waals surface area contributed by atoms with Gasteiger partial charge < -0.3 is 4.74 Å². The van der Waals surface area contributed by atoms with Gasteiger partial charge in [-0.25, -0.2) is 4.79 Å². The predicted molar refractivity (Wildman–Crippen MR) is 51.5 cm³/mol. The molecule has 0 spiro atoms. The van der Waals surface area contributed by atoms with Crippen molar-refractivity contribution < 1.29 is 9.53 Å². The van der Waals surface area contributed by atoms with Gasteiger partial charge in [-0.3, -0.25) is 4.99 Å². The highest BCUT2D eigenvalue weighted by molar-refractivity contribution is 5.92. The number of hydrogen-bond donors (Lipinski definition) is 0.